The second-order valence-electron chi connectivity index (χ2n) is 11.3. The van der Waals surface area contributed by atoms with Crippen molar-refractivity contribution in [2.45, 2.75) is 53.2 Å². The van der Waals surface area contributed by atoms with Gasteiger partial charge in [0.1, 0.15) is 13.2 Å². The van der Waals surface area contributed by atoms with Crippen molar-refractivity contribution in [2.75, 3.05) is 0 Å². The van der Waals surface area contributed by atoms with Gasteiger partial charge in [0.25, 0.3) is 0 Å². The summed E-state index contributed by atoms with van der Waals surface area (Å²) >= 11 is 0. The van der Waals surface area contributed by atoms with Crippen LogP contribution in [0, 0.1) is 13.8 Å². The summed E-state index contributed by atoms with van der Waals surface area (Å²) in [5, 5.41) is 0. The Labute approximate surface area is 242 Å². The highest BCUT2D eigenvalue weighted by Gasteiger charge is 2.25. The molecule has 5 nitrogen and oxygen atoms in total. The molecule has 0 spiro atoms. The van der Waals surface area contributed by atoms with Crippen LogP contribution < -0.4 is 9.47 Å². The van der Waals surface area contributed by atoms with Gasteiger partial charge in [0.15, 0.2) is 17.2 Å². The van der Waals surface area contributed by atoms with Gasteiger partial charge in [-0.25, -0.2) is 9.79 Å². The average molecular weight is 546 g/mol. The van der Waals surface area contributed by atoms with Gasteiger partial charge in [0, 0.05) is 5.56 Å². The van der Waals surface area contributed by atoms with Gasteiger partial charge >= 0.3 is 5.97 Å². The summed E-state index contributed by atoms with van der Waals surface area (Å²) in [5.41, 5.74) is 7.50. The molecule has 4 aromatic carbocycles. The first-order valence-electron chi connectivity index (χ1n) is 13.8. The molecule has 0 fully saturated rings. The molecule has 0 aliphatic carbocycles. The number of ether oxygens (including phenoxy) is 3. The average Bonchev–Trinajstić information content (AvgIpc) is 3.32. The highest BCUT2D eigenvalue weighted by molar-refractivity contribution is 6.12. The molecule has 0 atom stereocenters. The molecule has 41 heavy (non-hydrogen) atoms. The zero-order valence-electron chi connectivity index (χ0n) is 24.2. The number of nitrogens with zero attached hydrogens (tertiary/aromatic N) is 1. The molecule has 0 N–H and O–H groups in total. The van der Waals surface area contributed by atoms with Gasteiger partial charge in [-0.15, -0.1) is 0 Å². The van der Waals surface area contributed by atoms with Crippen LogP contribution in [0.2, 0.25) is 0 Å². The minimum absolute atomic E-state index is 0.0343. The Morgan fingerprint density at radius 2 is 1.34 bits per heavy atom. The van der Waals surface area contributed by atoms with Crippen molar-refractivity contribution < 1.29 is 19.0 Å². The lowest BCUT2D eigenvalue weighted by Gasteiger charge is -2.18. The third kappa shape index (κ3) is 6.75. The minimum Gasteiger partial charge on any atom is -0.485 e. The first-order valence-corrected chi connectivity index (χ1v) is 13.8. The van der Waals surface area contributed by atoms with Crippen LogP contribution >= 0.6 is 0 Å². The number of cyclic esters (lactones) is 1. The lowest BCUT2D eigenvalue weighted by atomic mass is 9.87. The van der Waals surface area contributed by atoms with E-state index in [9.17, 15) is 4.79 Å². The van der Waals surface area contributed by atoms with Crippen LogP contribution in [0.25, 0.3) is 6.08 Å². The molecule has 5 rings (SSSR count). The standard InChI is InChI=1S/C36H35NO4/c1-24-10-6-8-12-28(24)22-39-32-19-14-26(21-33(32)40-23-29-13-9-7-11-25(29)2)20-31-35(38)41-34(37-31)27-15-17-30(18-16-27)36(3,4)5/h6-21H,22-23H2,1-5H3/b31-20-. The van der Waals surface area contributed by atoms with E-state index in [4.69, 9.17) is 14.2 Å². The SMILES string of the molecule is Cc1ccccc1COc1ccc(/C=C2\N=C(c3ccc(C(C)(C)C)cc3)OC2=O)cc1OCc1ccccc1C. The molecule has 1 aliphatic heterocycles. The van der Waals surface area contributed by atoms with Crippen LogP contribution in [-0.4, -0.2) is 11.9 Å². The highest BCUT2D eigenvalue weighted by Crippen LogP contribution is 2.32. The maximum Gasteiger partial charge on any atom is 0.363 e. The molecule has 208 valence electrons. The fourth-order valence-electron chi connectivity index (χ4n) is 4.50. The van der Waals surface area contributed by atoms with E-state index in [-0.39, 0.29) is 11.1 Å². The predicted octanol–water partition coefficient (Wildman–Crippen LogP) is 8.10. The second-order valence-corrected chi connectivity index (χ2v) is 11.3. The normalized spacial score (nSPS) is 14.1. The van der Waals surface area contributed by atoms with Crippen molar-refractivity contribution in [1.29, 1.82) is 0 Å². The molecule has 0 aromatic heterocycles. The van der Waals surface area contributed by atoms with E-state index in [0.29, 0.717) is 30.6 Å². The van der Waals surface area contributed by atoms with Gasteiger partial charge in [-0.05, 0) is 83.0 Å². The molecule has 0 unspecified atom stereocenters. The largest absolute Gasteiger partial charge is 0.485 e. The molecule has 0 bridgehead atoms. The van der Waals surface area contributed by atoms with Gasteiger partial charge in [0.2, 0.25) is 5.90 Å². The van der Waals surface area contributed by atoms with E-state index in [1.165, 1.54) is 5.56 Å². The summed E-state index contributed by atoms with van der Waals surface area (Å²) in [6.45, 7) is 11.4. The van der Waals surface area contributed by atoms with Crippen LogP contribution in [0.15, 0.2) is 102 Å². The highest BCUT2D eigenvalue weighted by atomic mass is 16.6. The Morgan fingerprint density at radius 1 is 0.756 bits per heavy atom. The minimum atomic E-state index is -0.484. The summed E-state index contributed by atoms with van der Waals surface area (Å²) in [6, 6.07) is 29.9. The van der Waals surface area contributed by atoms with Gasteiger partial charge in [-0.1, -0.05) is 87.5 Å². The van der Waals surface area contributed by atoms with Crippen molar-refractivity contribution in [2.24, 2.45) is 4.99 Å². The Bertz CT molecular complexity index is 1620. The first kappa shape index (κ1) is 27.9. The van der Waals surface area contributed by atoms with Crippen LogP contribution in [0.1, 0.15) is 59.7 Å². The Hall–Kier alpha value is -4.64. The van der Waals surface area contributed by atoms with Crippen LogP contribution in [-0.2, 0) is 28.2 Å². The van der Waals surface area contributed by atoms with E-state index in [1.807, 2.05) is 72.8 Å². The number of aryl methyl sites for hydroxylation is 2. The van der Waals surface area contributed by atoms with E-state index in [1.54, 1.807) is 6.08 Å². The predicted molar refractivity (Wildman–Crippen MR) is 163 cm³/mol. The Balaban J connectivity index is 1.41. The van der Waals surface area contributed by atoms with E-state index in [0.717, 1.165) is 33.4 Å². The van der Waals surface area contributed by atoms with Crippen LogP contribution in [0.5, 0.6) is 11.5 Å². The Kier molecular flexibility index (Phi) is 8.06. The fourth-order valence-corrected chi connectivity index (χ4v) is 4.50. The number of rotatable bonds is 8. The molecule has 0 saturated heterocycles. The summed E-state index contributed by atoms with van der Waals surface area (Å²) in [4.78, 5) is 17.2. The van der Waals surface area contributed by atoms with Crippen molar-refractivity contribution in [3.8, 4) is 11.5 Å². The molecular formula is C36H35NO4. The third-order valence-corrected chi connectivity index (χ3v) is 7.18. The van der Waals surface area contributed by atoms with E-state index in [2.05, 4.69) is 57.8 Å². The molecular weight excluding hydrogens is 510 g/mol. The number of esters is 1. The number of carbonyl (C=O) groups excluding carboxylic acids is 1. The monoisotopic (exact) mass is 545 g/mol. The smallest absolute Gasteiger partial charge is 0.363 e. The Morgan fingerprint density at radius 3 is 1.93 bits per heavy atom. The van der Waals surface area contributed by atoms with Crippen molar-refractivity contribution >= 4 is 17.9 Å². The third-order valence-electron chi connectivity index (χ3n) is 7.18. The maximum absolute atomic E-state index is 12.7. The molecule has 0 saturated carbocycles. The maximum atomic E-state index is 12.7. The summed E-state index contributed by atoms with van der Waals surface area (Å²) < 4.78 is 18.0. The topological polar surface area (TPSA) is 57.1 Å². The van der Waals surface area contributed by atoms with Gasteiger partial charge in [-0.2, -0.15) is 0 Å². The molecule has 0 radical (unpaired) electrons. The molecule has 5 heteroatoms. The van der Waals surface area contributed by atoms with Crippen LogP contribution in [0.4, 0.5) is 0 Å². The van der Waals surface area contributed by atoms with Gasteiger partial charge in [0.05, 0.1) is 0 Å². The summed E-state index contributed by atoms with van der Waals surface area (Å²) in [5.74, 6) is 1.03. The fraction of sp³-hybridized carbons (Fsp3) is 0.222. The summed E-state index contributed by atoms with van der Waals surface area (Å²) in [7, 11) is 0. The molecule has 1 aliphatic rings. The lowest BCUT2D eigenvalue weighted by Crippen LogP contribution is -2.11. The zero-order chi connectivity index (χ0) is 29.0. The number of hydrogen-bond acceptors (Lipinski definition) is 5. The number of carbonyl (C=O) groups is 1. The van der Waals surface area contributed by atoms with E-state index < -0.39 is 5.97 Å². The zero-order valence-corrected chi connectivity index (χ0v) is 24.2. The number of hydrogen-bond donors (Lipinski definition) is 0. The van der Waals surface area contributed by atoms with E-state index >= 15 is 0 Å². The van der Waals surface area contributed by atoms with Crippen LogP contribution in [0.3, 0.4) is 0 Å². The quantitative estimate of drug-likeness (QED) is 0.166. The van der Waals surface area contributed by atoms with Crippen molar-refractivity contribution in [3.05, 3.63) is 136 Å². The van der Waals surface area contributed by atoms with Crippen molar-refractivity contribution in [3.63, 3.8) is 0 Å². The van der Waals surface area contributed by atoms with Gasteiger partial charge in [-0.3, -0.25) is 0 Å². The molecule has 0 amide bonds. The number of benzene rings is 4. The lowest BCUT2D eigenvalue weighted by molar-refractivity contribution is -0.129. The molecule has 1 heterocycles. The molecule has 4 aromatic rings. The van der Waals surface area contributed by atoms with Crippen molar-refractivity contribution in [1.82, 2.24) is 0 Å². The van der Waals surface area contributed by atoms with Gasteiger partial charge < -0.3 is 14.2 Å². The number of aliphatic imine (C=N–C) groups is 1. The first-order chi connectivity index (χ1) is 19.7. The summed E-state index contributed by atoms with van der Waals surface area (Å²) in [6.07, 6.45) is 1.71. The second kappa shape index (κ2) is 11.8.